The maximum atomic E-state index is 13.1. The van der Waals surface area contributed by atoms with E-state index >= 15 is 0 Å². The van der Waals surface area contributed by atoms with E-state index in [1.54, 1.807) is 0 Å². The van der Waals surface area contributed by atoms with Gasteiger partial charge in [-0.25, -0.2) is 9.13 Å². The molecule has 0 aliphatic carbocycles. The van der Waals surface area contributed by atoms with E-state index in [-0.39, 0.29) is 25.7 Å². The number of phosphoric ester groups is 2. The van der Waals surface area contributed by atoms with E-state index in [0.717, 1.165) is 102 Å². The number of rotatable bonds is 78. The van der Waals surface area contributed by atoms with Crippen molar-refractivity contribution in [1.82, 2.24) is 0 Å². The zero-order valence-corrected chi connectivity index (χ0v) is 65.0. The number of carbonyl (C=O) groups is 4. The lowest BCUT2D eigenvalue weighted by atomic mass is 10.00. The number of hydrogen-bond acceptors (Lipinski definition) is 15. The molecule has 19 heteroatoms. The van der Waals surface area contributed by atoms with Crippen molar-refractivity contribution in [2.24, 2.45) is 5.92 Å². The SMILES string of the molecule is CCCCCCCCCCCCCCCCCCCCCCCCC(=O)O[C@H](COC(=O)CCCCCCCCCCCCCCCCCCC)COP(=O)(O)OC[C@@H](O)COP(=O)(O)OC[C@@H](COC(=O)CCCCCCCCCC)OC(=O)CCCCCCCCC(C)CC. The summed E-state index contributed by atoms with van der Waals surface area (Å²) in [4.78, 5) is 72.7. The highest BCUT2D eigenvalue weighted by molar-refractivity contribution is 7.47. The summed E-state index contributed by atoms with van der Waals surface area (Å²) in [5.41, 5.74) is 0. The van der Waals surface area contributed by atoms with Crippen LogP contribution < -0.4 is 0 Å². The van der Waals surface area contributed by atoms with E-state index in [1.807, 2.05) is 0 Å². The molecule has 6 atom stereocenters. The van der Waals surface area contributed by atoms with E-state index in [0.29, 0.717) is 25.7 Å². The molecule has 3 unspecified atom stereocenters. The number of unbranched alkanes of at least 4 members (excludes halogenated alkanes) is 49. The van der Waals surface area contributed by atoms with Gasteiger partial charge < -0.3 is 33.8 Å². The second-order valence-corrected chi connectivity index (χ2v) is 31.3. The molecular weight excluding hydrogens is 1270 g/mol. The van der Waals surface area contributed by atoms with Crippen LogP contribution in [0.15, 0.2) is 0 Å². The van der Waals surface area contributed by atoms with Crippen LogP contribution in [0.2, 0.25) is 0 Å². The van der Waals surface area contributed by atoms with Crippen LogP contribution in [-0.4, -0.2) is 96.7 Å². The first-order valence-electron chi connectivity index (χ1n) is 40.7. The number of esters is 4. The van der Waals surface area contributed by atoms with Crippen molar-refractivity contribution < 1.29 is 80.2 Å². The van der Waals surface area contributed by atoms with Gasteiger partial charge in [-0.2, -0.15) is 0 Å². The number of phosphoric acid groups is 2. The van der Waals surface area contributed by atoms with Gasteiger partial charge in [-0.05, 0) is 31.6 Å². The van der Waals surface area contributed by atoms with Crippen molar-refractivity contribution in [1.29, 1.82) is 0 Å². The molecule has 0 aliphatic heterocycles. The highest BCUT2D eigenvalue weighted by Gasteiger charge is 2.30. The summed E-state index contributed by atoms with van der Waals surface area (Å²) in [5.74, 6) is -1.40. The Morgan fingerprint density at radius 3 is 0.732 bits per heavy atom. The second kappa shape index (κ2) is 71.1. The van der Waals surface area contributed by atoms with Gasteiger partial charge in [-0.3, -0.25) is 37.3 Å². The molecule has 0 aromatic carbocycles. The van der Waals surface area contributed by atoms with Crippen LogP contribution in [0.3, 0.4) is 0 Å². The van der Waals surface area contributed by atoms with Crippen molar-refractivity contribution in [3.8, 4) is 0 Å². The lowest BCUT2D eigenvalue weighted by Crippen LogP contribution is -2.30. The minimum Gasteiger partial charge on any atom is -0.462 e. The third-order valence-corrected chi connectivity index (χ3v) is 20.5. The molecule has 0 radical (unpaired) electrons. The molecule has 0 amide bonds. The van der Waals surface area contributed by atoms with Crippen molar-refractivity contribution in [3.05, 3.63) is 0 Å². The van der Waals surface area contributed by atoms with Gasteiger partial charge in [0.05, 0.1) is 26.4 Å². The minimum absolute atomic E-state index is 0.103. The highest BCUT2D eigenvalue weighted by atomic mass is 31.2. The van der Waals surface area contributed by atoms with Crippen LogP contribution in [0.25, 0.3) is 0 Å². The molecule has 0 saturated heterocycles. The predicted molar refractivity (Wildman–Crippen MR) is 395 cm³/mol. The van der Waals surface area contributed by atoms with Gasteiger partial charge in [0.15, 0.2) is 12.2 Å². The molecule has 0 aromatic heterocycles. The Morgan fingerprint density at radius 1 is 0.289 bits per heavy atom. The smallest absolute Gasteiger partial charge is 0.462 e. The standard InChI is InChI=1S/C78H152O17P2/c1-6-10-13-16-19-22-24-26-28-30-31-32-33-34-36-38-40-42-44-47-53-58-63-77(82)94-73(67-89-76(81)62-57-52-46-43-41-39-37-35-29-27-25-23-20-17-14-11-7-2)69-92-96(84,85)90-65-72(79)66-91-97(86,87)93-70-74(68-88-75(80)61-56-51-45-21-18-15-12-8-3)95-78(83)64-59-54-49-48-50-55-60-71(5)9-4/h71-74,79H,6-70H2,1-5H3,(H,84,85)(H,86,87)/t71?,72-,73-,74-/m1/s1. The van der Waals surface area contributed by atoms with Gasteiger partial charge in [0.1, 0.15) is 19.3 Å². The molecular formula is C78H152O17P2. The van der Waals surface area contributed by atoms with E-state index in [4.69, 9.17) is 37.0 Å². The Labute approximate surface area is 594 Å². The van der Waals surface area contributed by atoms with Crippen LogP contribution in [0, 0.1) is 5.92 Å². The summed E-state index contributed by atoms with van der Waals surface area (Å²) in [6, 6.07) is 0. The van der Waals surface area contributed by atoms with Gasteiger partial charge in [-0.1, -0.05) is 362 Å². The topological polar surface area (TPSA) is 237 Å². The molecule has 0 aromatic rings. The Kier molecular flexibility index (Phi) is 69.6. The van der Waals surface area contributed by atoms with E-state index in [9.17, 15) is 43.2 Å². The minimum atomic E-state index is -4.96. The quantitative estimate of drug-likeness (QED) is 0.0222. The third kappa shape index (κ3) is 70.9. The lowest BCUT2D eigenvalue weighted by molar-refractivity contribution is -0.161. The van der Waals surface area contributed by atoms with Crippen molar-refractivity contribution in [2.45, 2.75) is 432 Å². The van der Waals surface area contributed by atoms with Gasteiger partial charge in [0.2, 0.25) is 0 Å². The van der Waals surface area contributed by atoms with Gasteiger partial charge in [-0.15, -0.1) is 0 Å². The molecule has 0 heterocycles. The largest absolute Gasteiger partial charge is 0.472 e. The molecule has 0 aliphatic rings. The maximum absolute atomic E-state index is 13.1. The van der Waals surface area contributed by atoms with E-state index in [1.165, 1.54) is 231 Å². The molecule has 576 valence electrons. The average molecular weight is 1420 g/mol. The van der Waals surface area contributed by atoms with Crippen LogP contribution in [0.1, 0.15) is 413 Å². The van der Waals surface area contributed by atoms with Crippen LogP contribution >= 0.6 is 15.6 Å². The molecule has 0 bridgehead atoms. The first-order valence-corrected chi connectivity index (χ1v) is 43.7. The molecule has 17 nitrogen and oxygen atoms in total. The van der Waals surface area contributed by atoms with E-state index < -0.39 is 97.5 Å². The highest BCUT2D eigenvalue weighted by Crippen LogP contribution is 2.45. The number of aliphatic hydroxyl groups excluding tert-OH is 1. The molecule has 0 fully saturated rings. The number of aliphatic hydroxyl groups is 1. The number of ether oxygens (including phenoxy) is 4. The third-order valence-electron chi connectivity index (χ3n) is 18.6. The van der Waals surface area contributed by atoms with Crippen LogP contribution in [0.4, 0.5) is 0 Å². The van der Waals surface area contributed by atoms with Crippen LogP contribution in [0.5, 0.6) is 0 Å². The fraction of sp³-hybridized carbons (Fsp3) is 0.949. The number of hydrogen-bond donors (Lipinski definition) is 3. The Hall–Kier alpha value is -1.94. The van der Waals surface area contributed by atoms with Gasteiger partial charge in [0.25, 0.3) is 0 Å². The first kappa shape index (κ1) is 95.1. The first-order chi connectivity index (χ1) is 47.1. The van der Waals surface area contributed by atoms with Crippen molar-refractivity contribution in [2.75, 3.05) is 39.6 Å². The van der Waals surface area contributed by atoms with Crippen molar-refractivity contribution >= 4 is 39.5 Å². The molecule has 0 saturated carbocycles. The normalized spacial score (nSPS) is 14.2. The molecule has 0 spiro atoms. The fourth-order valence-corrected chi connectivity index (χ4v) is 13.6. The Balaban J connectivity index is 5.16. The fourth-order valence-electron chi connectivity index (χ4n) is 12.0. The summed E-state index contributed by atoms with van der Waals surface area (Å²) >= 11 is 0. The zero-order valence-electron chi connectivity index (χ0n) is 63.2. The zero-order chi connectivity index (χ0) is 71.2. The summed E-state index contributed by atoms with van der Waals surface area (Å²) in [6.45, 7) is 7.22. The van der Waals surface area contributed by atoms with E-state index in [2.05, 4.69) is 34.6 Å². The Bertz CT molecular complexity index is 1860. The predicted octanol–water partition coefficient (Wildman–Crippen LogP) is 23.3. The summed E-state index contributed by atoms with van der Waals surface area (Å²) < 4.78 is 68.5. The van der Waals surface area contributed by atoms with Gasteiger partial charge in [0, 0.05) is 25.7 Å². The molecule has 3 N–H and O–H groups in total. The lowest BCUT2D eigenvalue weighted by Gasteiger charge is -2.21. The van der Waals surface area contributed by atoms with Gasteiger partial charge >= 0.3 is 39.5 Å². The summed E-state index contributed by atoms with van der Waals surface area (Å²) in [6.07, 6.45) is 61.4. The summed E-state index contributed by atoms with van der Waals surface area (Å²) in [5, 5.41) is 10.6. The maximum Gasteiger partial charge on any atom is 0.472 e. The molecule has 97 heavy (non-hydrogen) atoms. The van der Waals surface area contributed by atoms with Crippen molar-refractivity contribution in [3.63, 3.8) is 0 Å². The average Bonchev–Trinajstić information content (AvgIpc) is 1.39. The monoisotopic (exact) mass is 1420 g/mol. The number of carbonyl (C=O) groups excluding carboxylic acids is 4. The summed E-state index contributed by atoms with van der Waals surface area (Å²) in [7, 11) is -9.91. The molecule has 0 rings (SSSR count). The van der Waals surface area contributed by atoms with Crippen LogP contribution in [-0.2, 0) is 65.4 Å². The Morgan fingerprint density at radius 2 is 0.495 bits per heavy atom. The second-order valence-electron chi connectivity index (χ2n) is 28.3.